The lowest BCUT2D eigenvalue weighted by Crippen LogP contribution is -2.06. The summed E-state index contributed by atoms with van der Waals surface area (Å²) in [5.74, 6) is 0. The van der Waals surface area contributed by atoms with Crippen molar-refractivity contribution in [3.8, 4) is 0 Å². The molecule has 1 N–H and O–H groups in total. The molecule has 0 amide bonds. The molecule has 0 atom stereocenters. The zero-order valence-electron chi connectivity index (χ0n) is 12.2. The largest absolute Gasteiger partial charge is 0.388 e. The highest BCUT2D eigenvalue weighted by atomic mass is 32.2. The van der Waals surface area contributed by atoms with E-state index in [4.69, 9.17) is 0 Å². The maximum Gasteiger partial charge on any atom is 0.190 e. The average Bonchev–Trinajstić information content (AvgIpc) is 2.40. The Morgan fingerprint density at radius 3 is 2.80 bits per heavy atom. The van der Waals surface area contributed by atoms with Gasteiger partial charge < -0.3 is 5.32 Å². The minimum absolute atomic E-state index is 0.00936. The molecule has 0 aromatic carbocycles. The number of carbonyl (C=O) groups is 1. The number of pyridine rings is 1. The van der Waals surface area contributed by atoms with Crippen LogP contribution < -0.4 is 5.32 Å². The second kappa shape index (κ2) is 7.65. The van der Waals surface area contributed by atoms with Crippen molar-refractivity contribution in [2.75, 3.05) is 14.1 Å². The third kappa shape index (κ3) is 4.66. The molecule has 0 aliphatic carbocycles. The van der Waals surface area contributed by atoms with Crippen molar-refractivity contribution in [1.29, 1.82) is 0 Å². The van der Waals surface area contributed by atoms with Gasteiger partial charge in [-0.25, -0.2) is 0 Å². The average molecular weight is 289 g/mol. The Balaban J connectivity index is 3.19. The molecule has 1 rings (SSSR count). The Labute approximate surface area is 124 Å². The Morgan fingerprint density at radius 2 is 2.25 bits per heavy atom. The van der Waals surface area contributed by atoms with Crippen LogP contribution in [-0.2, 0) is 4.79 Å². The van der Waals surface area contributed by atoms with E-state index >= 15 is 0 Å². The van der Waals surface area contributed by atoms with Gasteiger partial charge in [0.05, 0.1) is 5.69 Å². The van der Waals surface area contributed by atoms with E-state index in [-0.39, 0.29) is 5.12 Å². The summed E-state index contributed by atoms with van der Waals surface area (Å²) in [7, 11) is 3.50. The van der Waals surface area contributed by atoms with Gasteiger partial charge in [-0.1, -0.05) is 18.3 Å². The number of aliphatic imine (C=N–C) groups is 1. The lowest BCUT2D eigenvalue weighted by atomic mass is 10.1. The summed E-state index contributed by atoms with van der Waals surface area (Å²) in [5, 5.41) is 2.96. The summed E-state index contributed by atoms with van der Waals surface area (Å²) in [5.41, 5.74) is 3.53. The number of aryl methyl sites for hydroxylation is 1. The number of thioether (sulfide) groups is 1. The number of nitrogens with one attached hydrogen (secondary N) is 1. The van der Waals surface area contributed by atoms with E-state index in [0.717, 1.165) is 33.5 Å². The van der Waals surface area contributed by atoms with Gasteiger partial charge in [0.15, 0.2) is 5.12 Å². The molecule has 0 spiro atoms. The molecule has 0 aliphatic heterocycles. The highest BCUT2D eigenvalue weighted by Gasteiger charge is 2.07. The normalized spacial score (nSPS) is 11.7. The lowest BCUT2D eigenvalue weighted by Gasteiger charge is -2.08. The summed E-state index contributed by atoms with van der Waals surface area (Å²) in [6, 6.07) is 1.94. The fraction of sp³-hybridized carbons (Fsp3) is 0.267. The van der Waals surface area contributed by atoms with E-state index in [1.165, 1.54) is 6.92 Å². The molecule has 0 fully saturated rings. The van der Waals surface area contributed by atoms with Crippen LogP contribution in [0, 0.1) is 6.92 Å². The van der Waals surface area contributed by atoms with E-state index in [9.17, 15) is 4.79 Å². The number of aromatic nitrogens is 1. The predicted octanol–water partition coefficient (Wildman–Crippen LogP) is 2.79. The number of likely N-dealkylation sites (N-methyl/N-ethyl adjacent to an activating group) is 1. The zero-order chi connectivity index (χ0) is 15.1. The van der Waals surface area contributed by atoms with Gasteiger partial charge in [0.1, 0.15) is 0 Å². The molecule has 1 aromatic heterocycles. The summed E-state index contributed by atoms with van der Waals surface area (Å²) in [6.45, 7) is 7.40. The van der Waals surface area contributed by atoms with E-state index in [1.807, 2.05) is 19.1 Å². The van der Waals surface area contributed by atoms with Crippen molar-refractivity contribution in [3.63, 3.8) is 0 Å². The third-order valence-electron chi connectivity index (χ3n) is 2.57. The van der Waals surface area contributed by atoms with E-state index in [1.54, 1.807) is 26.5 Å². The van der Waals surface area contributed by atoms with E-state index in [2.05, 4.69) is 21.9 Å². The van der Waals surface area contributed by atoms with Crippen LogP contribution in [0.1, 0.15) is 23.7 Å². The molecule has 0 bridgehead atoms. The fourth-order valence-electron chi connectivity index (χ4n) is 1.50. The van der Waals surface area contributed by atoms with Crippen LogP contribution in [0.5, 0.6) is 0 Å². The van der Waals surface area contributed by atoms with Gasteiger partial charge >= 0.3 is 0 Å². The van der Waals surface area contributed by atoms with Gasteiger partial charge in [0.25, 0.3) is 0 Å². The van der Waals surface area contributed by atoms with Crippen LogP contribution in [0.3, 0.4) is 0 Å². The van der Waals surface area contributed by atoms with Gasteiger partial charge in [-0.05, 0) is 30.2 Å². The lowest BCUT2D eigenvalue weighted by molar-refractivity contribution is -0.109. The topological polar surface area (TPSA) is 54.4 Å². The molecule has 0 saturated heterocycles. The standard InChI is InChI=1S/C15H19N3OS/c1-10-8-18-14(6-13(10)9-16-4)7-15(11(2)17-5)20-12(3)19/h6-9,17H,2H2,1,3-5H3/b15-7-,16-9?. The van der Waals surface area contributed by atoms with Crippen LogP contribution in [0.15, 0.2) is 34.4 Å². The molecule has 106 valence electrons. The Kier molecular flexibility index (Phi) is 6.18. The third-order valence-corrected chi connectivity index (χ3v) is 3.44. The molecular formula is C15H19N3OS. The van der Waals surface area contributed by atoms with Crippen molar-refractivity contribution in [2.24, 2.45) is 4.99 Å². The molecule has 0 aliphatic rings. The van der Waals surface area contributed by atoms with Crippen LogP contribution >= 0.6 is 11.8 Å². The molecule has 5 heteroatoms. The number of nitrogens with zero attached hydrogens (tertiary/aromatic N) is 2. The minimum Gasteiger partial charge on any atom is -0.388 e. The Bertz CT molecular complexity index is 576. The molecule has 0 unspecified atom stereocenters. The van der Waals surface area contributed by atoms with Crippen LogP contribution in [0.4, 0.5) is 0 Å². The molecule has 1 heterocycles. The van der Waals surface area contributed by atoms with Gasteiger partial charge in [-0.2, -0.15) is 0 Å². The number of hydrogen-bond acceptors (Lipinski definition) is 5. The van der Waals surface area contributed by atoms with Crippen LogP contribution in [0.25, 0.3) is 6.08 Å². The number of rotatable bonds is 5. The molecule has 4 nitrogen and oxygen atoms in total. The quantitative estimate of drug-likeness (QED) is 0.669. The Morgan fingerprint density at radius 1 is 1.55 bits per heavy atom. The summed E-state index contributed by atoms with van der Waals surface area (Å²) in [6.07, 6.45) is 5.43. The van der Waals surface area contributed by atoms with Crippen molar-refractivity contribution < 1.29 is 4.79 Å². The second-order valence-corrected chi connectivity index (χ2v) is 5.40. The van der Waals surface area contributed by atoms with Gasteiger partial charge in [-0.15, -0.1) is 0 Å². The molecule has 20 heavy (non-hydrogen) atoms. The molecular weight excluding hydrogens is 270 g/mol. The highest BCUT2D eigenvalue weighted by Crippen LogP contribution is 2.24. The SMILES string of the molecule is C=C(NC)/C(=C/c1cc(C=NC)c(C)cn1)SC(C)=O. The second-order valence-electron chi connectivity index (χ2n) is 4.18. The zero-order valence-corrected chi connectivity index (χ0v) is 13.0. The van der Waals surface area contributed by atoms with Gasteiger partial charge in [0.2, 0.25) is 0 Å². The van der Waals surface area contributed by atoms with Crippen molar-refractivity contribution >= 4 is 29.2 Å². The number of hydrogen-bond donors (Lipinski definition) is 1. The maximum atomic E-state index is 11.3. The first-order chi connectivity index (χ1) is 9.47. The summed E-state index contributed by atoms with van der Waals surface area (Å²) in [4.78, 5) is 20.4. The van der Waals surface area contributed by atoms with Crippen molar-refractivity contribution in [3.05, 3.63) is 46.3 Å². The monoisotopic (exact) mass is 289 g/mol. The first kappa shape index (κ1) is 16.2. The predicted molar refractivity (Wildman–Crippen MR) is 86.9 cm³/mol. The Hall–Kier alpha value is -1.88. The van der Waals surface area contributed by atoms with Crippen molar-refractivity contribution in [1.82, 2.24) is 10.3 Å². The molecule has 0 radical (unpaired) electrons. The van der Waals surface area contributed by atoms with Gasteiger partial charge in [0, 0.05) is 44.0 Å². The summed E-state index contributed by atoms with van der Waals surface area (Å²) < 4.78 is 0. The smallest absolute Gasteiger partial charge is 0.190 e. The minimum atomic E-state index is 0.00936. The first-order valence-electron chi connectivity index (χ1n) is 6.14. The van der Waals surface area contributed by atoms with Crippen LogP contribution in [-0.4, -0.2) is 30.4 Å². The van der Waals surface area contributed by atoms with Crippen LogP contribution in [0.2, 0.25) is 0 Å². The first-order valence-corrected chi connectivity index (χ1v) is 6.95. The maximum absolute atomic E-state index is 11.3. The molecule has 0 saturated carbocycles. The number of carbonyl (C=O) groups excluding carboxylic acids is 1. The van der Waals surface area contributed by atoms with E-state index in [0.29, 0.717) is 5.70 Å². The highest BCUT2D eigenvalue weighted by molar-refractivity contribution is 8.17. The van der Waals surface area contributed by atoms with E-state index < -0.39 is 0 Å². The molecule has 1 aromatic rings. The van der Waals surface area contributed by atoms with Gasteiger partial charge in [-0.3, -0.25) is 14.8 Å². The summed E-state index contributed by atoms with van der Waals surface area (Å²) >= 11 is 1.14. The fourth-order valence-corrected chi connectivity index (χ4v) is 2.22. The van der Waals surface area contributed by atoms with Crippen molar-refractivity contribution in [2.45, 2.75) is 13.8 Å².